The third-order valence-corrected chi connectivity index (χ3v) is 6.02. The van der Waals surface area contributed by atoms with Crippen molar-refractivity contribution in [3.05, 3.63) is 60.8 Å². The molecule has 136 valence electrons. The van der Waals surface area contributed by atoms with Crippen molar-refractivity contribution in [1.82, 2.24) is 15.1 Å². The van der Waals surface area contributed by atoms with Gasteiger partial charge < -0.3 is 11.1 Å². The van der Waals surface area contributed by atoms with Gasteiger partial charge in [-0.3, -0.25) is 9.48 Å². The molecule has 9 heteroatoms. The summed E-state index contributed by atoms with van der Waals surface area (Å²) in [6, 6.07) is 8.69. The van der Waals surface area contributed by atoms with Crippen LogP contribution in [0.4, 0.5) is 0 Å². The van der Waals surface area contributed by atoms with Crippen LogP contribution in [0.15, 0.2) is 41.0 Å². The highest BCUT2D eigenvalue weighted by molar-refractivity contribution is 9.10. The molecule has 0 aliphatic carbocycles. The van der Waals surface area contributed by atoms with E-state index in [1.807, 2.05) is 19.2 Å². The van der Waals surface area contributed by atoms with Gasteiger partial charge in [0.15, 0.2) is 0 Å². The summed E-state index contributed by atoms with van der Waals surface area (Å²) in [4.78, 5) is 13.2. The van der Waals surface area contributed by atoms with Gasteiger partial charge in [0.1, 0.15) is 4.34 Å². The highest BCUT2D eigenvalue weighted by Crippen LogP contribution is 2.38. The van der Waals surface area contributed by atoms with Crippen LogP contribution in [-0.2, 0) is 7.05 Å². The van der Waals surface area contributed by atoms with Crippen LogP contribution in [-0.4, -0.2) is 22.2 Å². The quantitative estimate of drug-likeness (QED) is 0.566. The van der Waals surface area contributed by atoms with Gasteiger partial charge in [-0.1, -0.05) is 35.3 Å². The van der Waals surface area contributed by atoms with Crippen molar-refractivity contribution in [1.29, 1.82) is 0 Å². The summed E-state index contributed by atoms with van der Waals surface area (Å²) in [6.45, 7) is 0.255. The van der Waals surface area contributed by atoms with Gasteiger partial charge in [-0.15, -0.1) is 11.3 Å². The molecule has 0 radical (unpaired) electrons. The van der Waals surface area contributed by atoms with Crippen LogP contribution in [0.3, 0.4) is 0 Å². The Balaban J connectivity index is 1.85. The van der Waals surface area contributed by atoms with Crippen molar-refractivity contribution in [2.45, 2.75) is 6.04 Å². The molecule has 0 aliphatic heterocycles. The number of nitrogens with zero attached hydrogens (tertiary/aromatic N) is 2. The van der Waals surface area contributed by atoms with Crippen LogP contribution in [0.2, 0.25) is 9.36 Å². The molecule has 3 rings (SSSR count). The van der Waals surface area contributed by atoms with Crippen molar-refractivity contribution in [2.24, 2.45) is 12.8 Å². The largest absolute Gasteiger partial charge is 0.343 e. The molecule has 3 aromatic rings. The second kappa shape index (κ2) is 8.10. The molecule has 0 spiro atoms. The summed E-state index contributed by atoms with van der Waals surface area (Å²) >= 11 is 17.1. The standard InChI is InChI=1S/C17H15BrCl2N4OS/c1-24-15(12(18)8-22-24)11-6-14(26-16(11)20)17(25)23-13(7-21)9-3-2-4-10(19)5-9/h2-6,8,13H,7,21H2,1H3,(H,23,25). The van der Waals surface area contributed by atoms with Gasteiger partial charge in [0.05, 0.1) is 27.3 Å². The molecule has 0 bridgehead atoms. The first kappa shape index (κ1) is 19.4. The van der Waals surface area contributed by atoms with E-state index in [0.29, 0.717) is 14.2 Å². The zero-order valence-electron chi connectivity index (χ0n) is 13.7. The molecule has 0 saturated carbocycles. The number of aromatic nitrogens is 2. The Morgan fingerprint density at radius 1 is 1.42 bits per heavy atom. The van der Waals surface area contributed by atoms with E-state index in [1.54, 1.807) is 29.1 Å². The molecule has 2 heterocycles. The number of aryl methyl sites for hydroxylation is 1. The number of benzene rings is 1. The van der Waals surface area contributed by atoms with Gasteiger partial charge >= 0.3 is 0 Å². The number of rotatable bonds is 5. The molecule has 26 heavy (non-hydrogen) atoms. The van der Waals surface area contributed by atoms with E-state index in [1.165, 1.54) is 11.3 Å². The van der Waals surface area contributed by atoms with Crippen LogP contribution in [0, 0.1) is 0 Å². The third kappa shape index (κ3) is 3.97. The zero-order chi connectivity index (χ0) is 18.8. The molecule has 1 unspecified atom stereocenters. The minimum atomic E-state index is -0.339. The Labute approximate surface area is 173 Å². The predicted molar refractivity (Wildman–Crippen MR) is 110 cm³/mol. The molecule has 3 N–H and O–H groups in total. The third-order valence-electron chi connectivity index (χ3n) is 3.85. The normalized spacial score (nSPS) is 12.2. The highest BCUT2D eigenvalue weighted by Gasteiger charge is 2.21. The maximum Gasteiger partial charge on any atom is 0.261 e. The monoisotopic (exact) mass is 472 g/mol. The lowest BCUT2D eigenvalue weighted by molar-refractivity contribution is 0.0942. The summed E-state index contributed by atoms with van der Waals surface area (Å²) in [5.41, 5.74) is 8.25. The Bertz CT molecular complexity index is 937. The summed E-state index contributed by atoms with van der Waals surface area (Å²) in [5, 5.41) is 7.72. The average molecular weight is 474 g/mol. The molecule has 0 saturated heterocycles. The summed E-state index contributed by atoms with van der Waals surface area (Å²) in [7, 11) is 1.82. The zero-order valence-corrected chi connectivity index (χ0v) is 17.6. The number of nitrogens with two attached hydrogens (primary N) is 1. The second-order valence-corrected chi connectivity index (χ2v) is 8.52. The Kier molecular flexibility index (Phi) is 6.04. The number of hydrogen-bond acceptors (Lipinski definition) is 4. The minimum Gasteiger partial charge on any atom is -0.343 e. The number of nitrogens with one attached hydrogen (secondary N) is 1. The molecule has 0 fully saturated rings. The lowest BCUT2D eigenvalue weighted by atomic mass is 10.1. The van der Waals surface area contributed by atoms with E-state index in [2.05, 4.69) is 26.3 Å². The predicted octanol–water partition coefficient (Wildman–Crippen LogP) is 4.65. The lowest BCUT2D eigenvalue weighted by Gasteiger charge is -2.17. The fraction of sp³-hybridized carbons (Fsp3) is 0.176. The molecule has 1 aromatic carbocycles. The van der Waals surface area contributed by atoms with Crippen molar-refractivity contribution >= 4 is 56.4 Å². The number of carbonyl (C=O) groups is 1. The highest BCUT2D eigenvalue weighted by atomic mass is 79.9. The molecular weight excluding hydrogens is 459 g/mol. The van der Waals surface area contributed by atoms with E-state index < -0.39 is 0 Å². The van der Waals surface area contributed by atoms with Crippen LogP contribution in [0.25, 0.3) is 11.3 Å². The number of carbonyl (C=O) groups excluding carboxylic acids is 1. The first-order valence-corrected chi connectivity index (χ1v) is 10.0. The molecular formula is C17H15BrCl2N4OS. The molecule has 2 aromatic heterocycles. The Hall–Kier alpha value is -1.38. The fourth-order valence-corrected chi connectivity index (χ4v) is 4.53. The van der Waals surface area contributed by atoms with E-state index in [-0.39, 0.29) is 18.5 Å². The van der Waals surface area contributed by atoms with Gasteiger partial charge in [0, 0.05) is 24.2 Å². The Morgan fingerprint density at radius 3 is 2.81 bits per heavy atom. The average Bonchev–Trinajstić information content (AvgIpc) is 3.14. The Morgan fingerprint density at radius 2 is 2.19 bits per heavy atom. The SMILES string of the molecule is Cn1ncc(Br)c1-c1cc(C(=O)NC(CN)c2cccc(Cl)c2)sc1Cl. The topological polar surface area (TPSA) is 72.9 Å². The first-order valence-electron chi connectivity index (χ1n) is 7.64. The van der Waals surface area contributed by atoms with E-state index in [0.717, 1.165) is 21.3 Å². The smallest absolute Gasteiger partial charge is 0.261 e. The van der Waals surface area contributed by atoms with Crippen LogP contribution < -0.4 is 11.1 Å². The van der Waals surface area contributed by atoms with Gasteiger partial charge in [-0.2, -0.15) is 5.10 Å². The number of amides is 1. The van der Waals surface area contributed by atoms with E-state index in [4.69, 9.17) is 28.9 Å². The molecule has 0 aliphatic rings. The maximum absolute atomic E-state index is 12.7. The minimum absolute atomic E-state index is 0.239. The van der Waals surface area contributed by atoms with Gasteiger partial charge in [-0.05, 0) is 39.7 Å². The summed E-state index contributed by atoms with van der Waals surface area (Å²) in [5.74, 6) is -0.239. The number of halogens is 3. The first-order chi connectivity index (χ1) is 12.4. The lowest BCUT2D eigenvalue weighted by Crippen LogP contribution is -2.32. The molecule has 1 amide bonds. The number of hydrogen-bond donors (Lipinski definition) is 2. The van der Waals surface area contributed by atoms with Crippen LogP contribution >= 0.6 is 50.5 Å². The van der Waals surface area contributed by atoms with Gasteiger partial charge in [0.25, 0.3) is 5.91 Å². The molecule has 1 atom stereocenters. The van der Waals surface area contributed by atoms with Crippen molar-refractivity contribution in [3.63, 3.8) is 0 Å². The van der Waals surface area contributed by atoms with Gasteiger partial charge in [-0.25, -0.2) is 0 Å². The number of thiophene rings is 1. The van der Waals surface area contributed by atoms with Crippen molar-refractivity contribution in [2.75, 3.05) is 6.54 Å². The summed E-state index contributed by atoms with van der Waals surface area (Å²) < 4.78 is 3.03. The fourth-order valence-electron chi connectivity index (χ4n) is 2.59. The van der Waals surface area contributed by atoms with E-state index >= 15 is 0 Å². The maximum atomic E-state index is 12.7. The van der Waals surface area contributed by atoms with Crippen molar-refractivity contribution < 1.29 is 4.79 Å². The van der Waals surface area contributed by atoms with Crippen LogP contribution in [0.5, 0.6) is 0 Å². The molecule has 5 nitrogen and oxygen atoms in total. The summed E-state index contributed by atoms with van der Waals surface area (Å²) in [6.07, 6.45) is 1.69. The van der Waals surface area contributed by atoms with E-state index in [9.17, 15) is 4.79 Å². The second-order valence-electron chi connectivity index (χ2n) is 5.58. The van der Waals surface area contributed by atoms with Crippen LogP contribution in [0.1, 0.15) is 21.3 Å². The van der Waals surface area contributed by atoms with Crippen molar-refractivity contribution in [3.8, 4) is 11.3 Å². The van der Waals surface area contributed by atoms with Gasteiger partial charge in [0.2, 0.25) is 0 Å².